The number of halogens is 2. The summed E-state index contributed by atoms with van der Waals surface area (Å²) in [7, 11) is 0. The van der Waals surface area contributed by atoms with Gasteiger partial charge in [-0.3, -0.25) is 4.79 Å². The van der Waals surface area contributed by atoms with Gasteiger partial charge < -0.3 is 0 Å². The zero-order chi connectivity index (χ0) is 19.3. The molecule has 1 aliphatic carbocycles. The second kappa shape index (κ2) is 6.56. The lowest BCUT2D eigenvalue weighted by Gasteiger charge is -2.11. The van der Waals surface area contributed by atoms with Crippen molar-refractivity contribution in [2.24, 2.45) is 0 Å². The van der Waals surface area contributed by atoms with Gasteiger partial charge in [0.05, 0.1) is 24.1 Å². The van der Waals surface area contributed by atoms with E-state index in [1.807, 2.05) is 12.1 Å². The fourth-order valence-electron chi connectivity index (χ4n) is 3.45. The first kappa shape index (κ1) is 17.1. The maximum atomic E-state index is 14.1. The molecular formula is C21H16ClFN4O. The van der Waals surface area contributed by atoms with Crippen molar-refractivity contribution in [2.45, 2.75) is 25.3 Å². The average Bonchev–Trinajstić information content (AvgIpc) is 3.43. The highest BCUT2D eigenvalue weighted by molar-refractivity contribution is 6.30. The molecule has 2 aromatic carbocycles. The summed E-state index contributed by atoms with van der Waals surface area (Å²) in [6.45, 7) is 0.0713. The lowest BCUT2D eigenvalue weighted by molar-refractivity contribution is 0.568. The largest absolute Gasteiger partial charge is 0.293 e. The van der Waals surface area contributed by atoms with Gasteiger partial charge in [-0.2, -0.15) is 10.2 Å². The number of hydrogen-bond donors (Lipinski definition) is 0. The fraction of sp³-hybridized carbons (Fsp3) is 0.190. The molecule has 2 heterocycles. The van der Waals surface area contributed by atoms with Crippen LogP contribution in [0.25, 0.3) is 16.6 Å². The van der Waals surface area contributed by atoms with Crippen molar-refractivity contribution >= 4 is 22.5 Å². The van der Waals surface area contributed by atoms with Crippen LogP contribution in [0, 0.1) is 5.82 Å². The van der Waals surface area contributed by atoms with Crippen LogP contribution in [0.5, 0.6) is 0 Å². The zero-order valence-corrected chi connectivity index (χ0v) is 15.6. The first-order valence-corrected chi connectivity index (χ1v) is 9.48. The summed E-state index contributed by atoms with van der Waals surface area (Å²) in [5.41, 5.74) is 2.10. The number of rotatable bonds is 4. The molecule has 140 valence electrons. The highest BCUT2D eigenvalue weighted by Gasteiger charge is 2.30. The molecule has 0 atom stereocenters. The molecule has 1 saturated carbocycles. The smallest absolute Gasteiger partial charge is 0.265 e. The van der Waals surface area contributed by atoms with Crippen LogP contribution in [0.1, 0.15) is 30.0 Å². The van der Waals surface area contributed by atoms with Crippen molar-refractivity contribution in [3.8, 4) is 5.69 Å². The Morgan fingerprint density at radius 3 is 2.71 bits per heavy atom. The van der Waals surface area contributed by atoms with Crippen molar-refractivity contribution in [1.82, 2.24) is 19.6 Å². The van der Waals surface area contributed by atoms with Crippen LogP contribution in [0.2, 0.25) is 5.02 Å². The van der Waals surface area contributed by atoms with Gasteiger partial charge in [0.1, 0.15) is 11.3 Å². The topological polar surface area (TPSA) is 52.7 Å². The van der Waals surface area contributed by atoms with Crippen LogP contribution in [0.4, 0.5) is 4.39 Å². The highest BCUT2D eigenvalue weighted by atomic mass is 35.5. The Kier molecular flexibility index (Phi) is 4.02. The standard InChI is InChI=1S/C21H16ClFN4O/c22-15-5-3-6-16(10-15)27-20-17(11-24-27)19(13-8-9-13)25-26(21(20)28)12-14-4-1-2-7-18(14)23/h1-7,10-11,13H,8-9,12H2. The first-order chi connectivity index (χ1) is 13.6. The van der Waals surface area contributed by atoms with Crippen molar-refractivity contribution in [2.75, 3.05) is 0 Å². The molecule has 0 unspecified atom stereocenters. The van der Waals surface area contributed by atoms with Crippen molar-refractivity contribution in [3.05, 3.63) is 87.2 Å². The quantitative estimate of drug-likeness (QED) is 0.518. The minimum absolute atomic E-state index is 0.0713. The molecule has 5 nitrogen and oxygen atoms in total. The molecule has 0 bridgehead atoms. The monoisotopic (exact) mass is 394 g/mol. The molecule has 0 radical (unpaired) electrons. The molecule has 0 spiro atoms. The van der Waals surface area contributed by atoms with Crippen molar-refractivity contribution in [1.29, 1.82) is 0 Å². The lowest BCUT2D eigenvalue weighted by Crippen LogP contribution is -2.27. The van der Waals surface area contributed by atoms with E-state index in [9.17, 15) is 9.18 Å². The number of benzene rings is 2. The number of nitrogens with zero attached hydrogens (tertiary/aromatic N) is 4. The Morgan fingerprint density at radius 2 is 1.96 bits per heavy atom. The van der Waals surface area contributed by atoms with E-state index in [1.165, 1.54) is 10.7 Å². The summed E-state index contributed by atoms with van der Waals surface area (Å²) in [6, 6.07) is 13.6. The van der Waals surface area contributed by atoms with Gasteiger partial charge in [-0.05, 0) is 37.1 Å². The van der Waals surface area contributed by atoms with E-state index in [1.54, 1.807) is 41.2 Å². The summed E-state index contributed by atoms with van der Waals surface area (Å²) in [4.78, 5) is 13.3. The number of fused-ring (bicyclic) bond motifs is 1. The maximum Gasteiger partial charge on any atom is 0.293 e. The zero-order valence-electron chi connectivity index (χ0n) is 14.8. The molecule has 28 heavy (non-hydrogen) atoms. The van der Waals surface area contributed by atoms with Gasteiger partial charge in [0.2, 0.25) is 0 Å². The van der Waals surface area contributed by atoms with Crippen LogP contribution in [0.3, 0.4) is 0 Å². The molecule has 0 N–H and O–H groups in total. The second-order valence-electron chi connectivity index (χ2n) is 7.01. The third-order valence-corrected chi connectivity index (χ3v) is 5.24. The van der Waals surface area contributed by atoms with Gasteiger partial charge in [-0.25, -0.2) is 13.8 Å². The van der Waals surface area contributed by atoms with Gasteiger partial charge in [0.25, 0.3) is 5.56 Å². The fourth-order valence-corrected chi connectivity index (χ4v) is 3.63. The van der Waals surface area contributed by atoms with Gasteiger partial charge in [0, 0.05) is 21.9 Å². The summed E-state index contributed by atoms with van der Waals surface area (Å²) in [5.74, 6) is -0.0420. The van der Waals surface area contributed by atoms with Gasteiger partial charge in [-0.15, -0.1) is 0 Å². The van der Waals surface area contributed by atoms with Crippen LogP contribution >= 0.6 is 11.6 Å². The Bertz CT molecular complexity index is 1260. The number of hydrogen-bond acceptors (Lipinski definition) is 3. The first-order valence-electron chi connectivity index (χ1n) is 9.10. The normalized spacial score (nSPS) is 13.9. The molecule has 5 rings (SSSR count). The summed E-state index contributed by atoms with van der Waals surface area (Å²) >= 11 is 6.12. The molecule has 0 amide bonds. The lowest BCUT2D eigenvalue weighted by atomic mass is 10.2. The van der Waals surface area contributed by atoms with Crippen LogP contribution in [-0.2, 0) is 6.54 Å². The highest BCUT2D eigenvalue weighted by Crippen LogP contribution is 2.41. The Balaban J connectivity index is 1.73. The minimum atomic E-state index is -0.354. The Morgan fingerprint density at radius 1 is 1.14 bits per heavy atom. The minimum Gasteiger partial charge on any atom is -0.265 e. The Labute approximate surface area is 165 Å². The summed E-state index contributed by atoms with van der Waals surface area (Å²) in [5, 5.41) is 10.3. The van der Waals surface area contributed by atoms with E-state index in [2.05, 4.69) is 10.2 Å². The summed E-state index contributed by atoms with van der Waals surface area (Å²) < 4.78 is 17.1. The van der Waals surface area contributed by atoms with Gasteiger partial charge in [-0.1, -0.05) is 35.9 Å². The Hall–Kier alpha value is -2.99. The van der Waals surface area contributed by atoms with Crippen LogP contribution < -0.4 is 5.56 Å². The van der Waals surface area contributed by atoms with Crippen molar-refractivity contribution < 1.29 is 4.39 Å². The molecule has 7 heteroatoms. The van der Waals surface area contributed by atoms with Gasteiger partial charge in [0.15, 0.2) is 0 Å². The van der Waals surface area contributed by atoms with Gasteiger partial charge >= 0.3 is 0 Å². The van der Waals surface area contributed by atoms with E-state index in [-0.39, 0.29) is 17.9 Å². The molecule has 4 aromatic rings. The van der Waals surface area contributed by atoms with E-state index >= 15 is 0 Å². The van der Waals surface area contributed by atoms with E-state index in [0.29, 0.717) is 27.7 Å². The van der Waals surface area contributed by atoms with Crippen LogP contribution in [-0.4, -0.2) is 19.6 Å². The molecule has 0 saturated heterocycles. The molecule has 1 fully saturated rings. The predicted octanol–water partition coefficient (Wildman–Crippen LogP) is 4.30. The van der Waals surface area contributed by atoms with Crippen LogP contribution in [0.15, 0.2) is 59.5 Å². The number of aromatic nitrogens is 4. The molecule has 1 aliphatic rings. The third-order valence-electron chi connectivity index (χ3n) is 5.01. The molecule has 2 aromatic heterocycles. The average molecular weight is 395 g/mol. The summed E-state index contributed by atoms with van der Waals surface area (Å²) in [6.07, 6.45) is 3.75. The van der Waals surface area contributed by atoms with E-state index in [0.717, 1.165) is 23.9 Å². The molecule has 0 aliphatic heterocycles. The third kappa shape index (κ3) is 2.90. The predicted molar refractivity (Wildman–Crippen MR) is 106 cm³/mol. The van der Waals surface area contributed by atoms with E-state index in [4.69, 9.17) is 11.6 Å². The second-order valence-corrected chi connectivity index (χ2v) is 7.45. The van der Waals surface area contributed by atoms with E-state index < -0.39 is 0 Å². The maximum absolute atomic E-state index is 14.1. The van der Waals surface area contributed by atoms with Crippen molar-refractivity contribution in [3.63, 3.8) is 0 Å². The SMILES string of the molecule is O=c1c2c(cnn2-c2cccc(Cl)c2)c(C2CC2)nn1Cc1ccccc1F. The molecular weight excluding hydrogens is 379 g/mol.